The summed E-state index contributed by atoms with van der Waals surface area (Å²) in [5, 5.41) is 3.06. The summed E-state index contributed by atoms with van der Waals surface area (Å²) >= 11 is 1.33. The molecule has 0 aromatic heterocycles. The Labute approximate surface area is 186 Å². The molecule has 0 saturated carbocycles. The van der Waals surface area contributed by atoms with Crippen molar-refractivity contribution in [1.82, 2.24) is 5.32 Å². The van der Waals surface area contributed by atoms with E-state index in [9.17, 15) is 9.59 Å². The van der Waals surface area contributed by atoms with Crippen LogP contribution >= 0.6 is 11.8 Å². The second kappa shape index (κ2) is 9.62. The number of para-hydroxylation sites is 2. The van der Waals surface area contributed by atoms with Gasteiger partial charge in [-0.25, -0.2) is 4.99 Å². The van der Waals surface area contributed by atoms with E-state index < -0.39 is 5.25 Å². The van der Waals surface area contributed by atoms with E-state index in [2.05, 4.69) is 10.3 Å². The first-order valence-corrected chi connectivity index (χ1v) is 11.0. The van der Waals surface area contributed by atoms with Crippen molar-refractivity contribution in [1.29, 1.82) is 0 Å². The van der Waals surface area contributed by atoms with Crippen molar-refractivity contribution in [2.45, 2.75) is 24.6 Å². The number of nitrogens with zero attached hydrogens (tertiary/aromatic N) is 2. The molecule has 3 aromatic rings. The molecule has 31 heavy (non-hydrogen) atoms. The zero-order valence-electron chi connectivity index (χ0n) is 17.1. The van der Waals surface area contributed by atoms with Crippen molar-refractivity contribution in [2.24, 2.45) is 4.99 Å². The maximum absolute atomic E-state index is 13.2. The van der Waals surface area contributed by atoms with Crippen molar-refractivity contribution < 1.29 is 9.59 Å². The van der Waals surface area contributed by atoms with Gasteiger partial charge >= 0.3 is 0 Å². The van der Waals surface area contributed by atoms with Crippen LogP contribution in [0.3, 0.4) is 0 Å². The Balaban J connectivity index is 1.53. The van der Waals surface area contributed by atoms with Gasteiger partial charge in [0, 0.05) is 6.42 Å². The van der Waals surface area contributed by atoms with Crippen LogP contribution in [0, 0.1) is 0 Å². The van der Waals surface area contributed by atoms with Gasteiger partial charge in [0.15, 0.2) is 5.17 Å². The van der Waals surface area contributed by atoms with Crippen LogP contribution < -0.4 is 10.2 Å². The molecule has 0 radical (unpaired) electrons. The number of carbonyl (C=O) groups excluding carboxylic acids is 2. The van der Waals surface area contributed by atoms with Crippen molar-refractivity contribution in [3.63, 3.8) is 0 Å². The van der Waals surface area contributed by atoms with Gasteiger partial charge in [-0.1, -0.05) is 78.5 Å². The summed E-state index contributed by atoms with van der Waals surface area (Å²) in [5.74, 6) is -0.287. The Morgan fingerprint density at radius 3 is 2.19 bits per heavy atom. The van der Waals surface area contributed by atoms with Gasteiger partial charge in [0.1, 0.15) is 5.25 Å². The van der Waals surface area contributed by atoms with Gasteiger partial charge in [0.25, 0.3) is 0 Å². The first-order valence-electron chi connectivity index (χ1n) is 10.2. The average Bonchev–Trinajstić information content (AvgIpc) is 3.09. The van der Waals surface area contributed by atoms with E-state index in [1.54, 1.807) is 4.90 Å². The summed E-state index contributed by atoms with van der Waals surface area (Å²) in [5.41, 5.74) is 2.54. The molecule has 1 fully saturated rings. The van der Waals surface area contributed by atoms with Gasteiger partial charge in [-0.05, 0) is 36.8 Å². The van der Waals surface area contributed by atoms with E-state index in [1.807, 2.05) is 97.9 Å². The van der Waals surface area contributed by atoms with E-state index in [0.717, 1.165) is 16.9 Å². The highest BCUT2D eigenvalue weighted by molar-refractivity contribution is 8.16. The Kier molecular flexibility index (Phi) is 6.48. The standard InChI is InChI=1S/C25H23N3O2S/c1-18(19-11-5-2-6-12-19)26-23(29)17-22-24(30)28(21-15-9-4-10-16-21)25(31-22)27-20-13-7-3-8-14-20/h2-16,18,22H,17H2,1H3,(H,26,29)/t18-,22-/m1/s1. The molecular formula is C25H23N3O2S. The molecule has 2 atom stereocenters. The van der Waals surface area contributed by atoms with Crippen LogP contribution in [0.4, 0.5) is 11.4 Å². The fourth-order valence-corrected chi connectivity index (χ4v) is 4.55. The molecule has 156 valence electrons. The van der Waals surface area contributed by atoms with Gasteiger partial charge in [-0.15, -0.1) is 0 Å². The largest absolute Gasteiger partial charge is 0.350 e. The summed E-state index contributed by atoms with van der Waals surface area (Å²) in [6, 6.07) is 28.6. The van der Waals surface area contributed by atoms with Crippen LogP contribution in [0.1, 0.15) is 24.9 Å². The second-order valence-corrected chi connectivity index (χ2v) is 8.42. The van der Waals surface area contributed by atoms with E-state index in [4.69, 9.17) is 0 Å². The van der Waals surface area contributed by atoms with E-state index in [0.29, 0.717) is 5.17 Å². The summed E-state index contributed by atoms with van der Waals surface area (Å²) in [4.78, 5) is 32.2. The molecule has 0 bridgehead atoms. The summed E-state index contributed by atoms with van der Waals surface area (Å²) in [6.07, 6.45) is 0.0951. The number of carbonyl (C=O) groups is 2. The maximum atomic E-state index is 13.2. The summed E-state index contributed by atoms with van der Waals surface area (Å²) < 4.78 is 0. The van der Waals surface area contributed by atoms with Gasteiger partial charge in [0.2, 0.25) is 11.8 Å². The van der Waals surface area contributed by atoms with Crippen molar-refractivity contribution in [3.05, 3.63) is 96.6 Å². The zero-order valence-corrected chi connectivity index (χ0v) is 18.0. The molecule has 4 rings (SSSR count). The highest BCUT2D eigenvalue weighted by Crippen LogP contribution is 2.35. The molecule has 1 heterocycles. The number of amidine groups is 1. The molecule has 0 unspecified atom stereocenters. The number of anilines is 1. The third-order valence-electron chi connectivity index (χ3n) is 4.98. The number of amides is 2. The van der Waals surface area contributed by atoms with Crippen molar-refractivity contribution in [2.75, 3.05) is 4.90 Å². The first kappa shape index (κ1) is 20.9. The quantitative estimate of drug-likeness (QED) is 0.594. The molecule has 1 aliphatic rings. The fraction of sp³-hybridized carbons (Fsp3) is 0.160. The van der Waals surface area contributed by atoms with Gasteiger partial charge in [-0.2, -0.15) is 0 Å². The smallest absolute Gasteiger partial charge is 0.247 e. The highest BCUT2D eigenvalue weighted by Gasteiger charge is 2.40. The van der Waals surface area contributed by atoms with Crippen molar-refractivity contribution in [3.8, 4) is 0 Å². The lowest BCUT2D eigenvalue weighted by molar-refractivity contribution is -0.124. The predicted octanol–water partition coefficient (Wildman–Crippen LogP) is 5.09. The molecule has 1 aliphatic heterocycles. The molecule has 0 spiro atoms. The lowest BCUT2D eigenvalue weighted by Gasteiger charge is -2.17. The Bertz CT molecular complexity index is 1070. The number of aliphatic imine (C=N–C) groups is 1. The number of nitrogens with one attached hydrogen (secondary N) is 1. The SMILES string of the molecule is C[C@@H](NC(=O)C[C@H]1SC(=Nc2ccccc2)N(c2ccccc2)C1=O)c1ccccc1. The molecule has 0 aliphatic carbocycles. The minimum absolute atomic E-state index is 0.0951. The lowest BCUT2D eigenvalue weighted by atomic mass is 10.1. The van der Waals surface area contributed by atoms with Crippen molar-refractivity contribution >= 4 is 40.1 Å². The zero-order chi connectivity index (χ0) is 21.6. The summed E-state index contributed by atoms with van der Waals surface area (Å²) in [6.45, 7) is 1.94. The summed E-state index contributed by atoms with van der Waals surface area (Å²) in [7, 11) is 0. The average molecular weight is 430 g/mol. The molecular weight excluding hydrogens is 406 g/mol. The molecule has 1 N–H and O–H groups in total. The first-order chi connectivity index (χ1) is 15.1. The second-order valence-electron chi connectivity index (χ2n) is 7.25. The van der Waals surface area contributed by atoms with Crippen LogP contribution in [0.2, 0.25) is 0 Å². The number of hydrogen-bond donors (Lipinski definition) is 1. The van der Waals surface area contributed by atoms with Gasteiger partial charge in [0.05, 0.1) is 17.4 Å². The normalized spacial score (nSPS) is 18.2. The van der Waals surface area contributed by atoms with E-state index in [1.165, 1.54) is 11.8 Å². The third-order valence-corrected chi connectivity index (χ3v) is 6.12. The molecule has 3 aromatic carbocycles. The third kappa shape index (κ3) is 5.03. The number of thioether (sulfide) groups is 1. The number of hydrogen-bond acceptors (Lipinski definition) is 4. The van der Waals surface area contributed by atoms with Crippen LogP contribution in [-0.2, 0) is 9.59 Å². The Morgan fingerprint density at radius 2 is 1.55 bits per heavy atom. The minimum atomic E-state index is -0.523. The lowest BCUT2D eigenvalue weighted by Crippen LogP contribution is -2.35. The topological polar surface area (TPSA) is 61.8 Å². The Hall–Kier alpha value is -3.38. The predicted molar refractivity (Wildman–Crippen MR) is 126 cm³/mol. The number of rotatable bonds is 6. The number of benzene rings is 3. The van der Waals surface area contributed by atoms with Crippen LogP contribution in [-0.4, -0.2) is 22.2 Å². The van der Waals surface area contributed by atoms with E-state index in [-0.39, 0.29) is 24.3 Å². The molecule has 6 heteroatoms. The highest BCUT2D eigenvalue weighted by atomic mass is 32.2. The van der Waals surface area contributed by atoms with Crippen LogP contribution in [0.15, 0.2) is 96.0 Å². The molecule has 2 amide bonds. The van der Waals surface area contributed by atoms with Crippen LogP contribution in [0.25, 0.3) is 0 Å². The molecule has 5 nitrogen and oxygen atoms in total. The Morgan fingerprint density at radius 1 is 0.968 bits per heavy atom. The van der Waals surface area contributed by atoms with E-state index >= 15 is 0 Å². The van der Waals surface area contributed by atoms with Crippen LogP contribution in [0.5, 0.6) is 0 Å². The molecule has 1 saturated heterocycles. The fourth-order valence-electron chi connectivity index (χ4n) is 3.40. The van der Waals surface area contributed by atoms with Gasteiger partial charge < -0.3 is 5.32 Å². The minimum Gasteiger partial charge on any atom is -0.350 e. The maximum Gasteiger partial charge on any atom is 0.247 e. The monoisotopic (exact) mass is 429 g/mol. The van der Waals surface area contributed by atoms with Gasteiger partial charge in [-0.3, -0.25) is 14.5 Å².